The van der Waals surface area contributed by atoms with Gasteiger partial charge in [-0.05, 0) is 36.4 Å². The Bertz CT molecular complexity index is 1500. The van der Waals surface area contributed by atoms with Crippen molar-refractivity contribution in [3.8, 4) is 11.6 Å². The van der Waals surface area contributed by atoms with Gasteiger partial charge in [0.15, 0.2) is 15.5 Å². The van der Waals surface area contributed by atoms with Crippen molar-refractivity contribution in [3.05, 3.63) is 65.8 Å². The lowest BCUT2D eigenvalue weighted by atomic mass is 10.1. The van der Waals surface area contributed by atoms with Crippen molar-refractivity contribution in [2.75, 3.05) is 19.3 Å². The fourth-order valence-electron chi connectivity index (χ4n) is 3.99. The van der Waals surface area contributed by atoms with Crippen LogP contribution in [0.5, 0.6) is 5.88 Å². The number of carbonyl (C=O) groups excluding carboxylic acids is 1. The van der Waals surface area contributed by atoms with E-state index in [2.05, 4.69) is 20.1 Å². The Morgan fingerprint density at radius 3 is 2.51 bits per heavy atom. The number of pyridine rings is 1. The molecule has 0 saturated carbocycles. The highest BCUT2D eigenvalue weighted by atomic mass is 35.5. The topological polar surface area (TPSA) is 120 Å². The molecule has 0 bridgehead atoms. The van der Waals surface area contributed by atoms with Crippen LogP contribution in [0.2, 0.25) is 5.15 Å². The average molecular weight is 513 g/mol. The van der Waals surface area contributed by atoms with E-state index in [4.69, 9.17) is 16.3 Å². The minimum Gasteiger partial charge on any atom is -0.474 e. The molecule has 0 N–H and O–H groups in total. The highest BCUT2D eigenvalue weighted by Gasteiger charge is 2.26. The zero-order valence-electron chi connectivity index (χ0n) is 18.7. The van der Waals surface area contributed by atoms with Crippen LogP contribution in [0.4, 0.5) is 0 Å². The number of likely N-dealkylation sites (tertiary alicyclic amines) is 1. The average Bonchev–Trinajstić information content (AvgIpc) is 3.29. The van der Waals surface area contributed by atoms with E-state index >= 15 is 0 Å². The minimum atomic E-state index is -3.29. The van der Waals surface area contributed by atoms with E-state index in [1.807, 2.05) is 0 Å². The van der Waals surface area contributed by atoms with Gasteiger partial charge in [-0.3, -0.25) is 4.79 Å². The molecule has 1 saturated heterocycles. The third-order valence-electron chi connectivity index (χ3n) is 5.82. The van der Waals surface area contributed by atoms with Crippen LogP contribution in [0.25, 0.3) is 16.7 Å². The van der Waals surface area contributed by atoms with Gasteiger partial charge >= 0.3 is 0 Å². The largest absolute Gasteiger partial charge is 0.474 e. The summed E-state index contributed by atoms with van der Waals surface area (Å²) in [5.41, 5.74) is 1.73. The number of sulfone groups is 1. The smallest absolute Gasteiger partial charge is 0.254 e. The van der Waals surface area contributed by atoms with Gasteiger partial charge in [-0.15, -0.1) is 0 Å². The Morgan fingerprint density at radius 1 is 1.09 bits per heavy atom. The molecule has 5 rings (SSSR count). The molecule has 0 radical (unpaired) electrons. The second kappa shape index (κ2) is 9.23. The summed E-state index contributed by atoms with van der Waals surface area (Å²) in [6.07, 6.45) is 6.90. The lowest BCUT2D eigenvalue weighted by molar-refractivity contribution is 0.0590. The van der Waals surface area contributed by atoms with Crippen LogP contribution in [-0.2, 0) is 9.84 Å². The molecular formula is C23H21ClN6O4S. The molecule has 1 aromatic carbocycles. The summed E-state index contributed by atoms with van der Waals surface area (Å²) in [6, 6.07) is 9.64. The van der Waals surface area contributed by atoms with Crippen molar-refractivity contribution >= 4 is 38.4 Å². The summed E-state index contributed by atoms with van der Waals surface area (Å²) >= 11 is 5.91. The molecule has 1 aliphatic heterocycles. The van der Waals surface area contributed by atoms with Gasteiger partial charge < -0.3 is 9.64 Å². The molecule has 4 heterocycles. The summed E-state index contributed by atoms with van der Waals surface area (Å²) in [5.74, 6) is 0.333. The number of ether oxygens (including phenoxy) is 1. The van der Waals surface area contributed by atoms with Gasteiger partial charge in [0.1, 0.15) is 23.0 Å². The highest BCUT2D eigenvalue weighted by molar-refractivity contribution is 7.90. The SMILES string of the molecule is CS(=O)(=O)c1ccc(-n2ncc3c(OC4CCN(C(=O)c5ccnc(Cl)c5)CC4)ncnc32)cc1. The number of benzene rings is 1. The Kier molecular flexibility index (Phi) is 6.12. The Morgan fingerprint density at radius 2 is 1.83 bits per heavy atom. The number of carbonyl (C=O) groups is 1. The maximum atomic E-state index is 12.7. The number of fused-ring (bicyclic) bond motifs is 1. The molecule has 180 valence electrons. The van der Waals surface area contributed by atoms with Gasteiger partial charge in [0.05, 0.1) is 16.8 Å². The molecule has 12 heteroatoms. The molecule has 1 fully saturated rings. The van der Waals surface area contributed by atoms with Gasteiger partial charge in [-0.25, -0.2) is 28.1 Å². The first-order valence-electron chi connectivity index (χ1n) is 10.9. The lowest BCUT2D eigenvalue weighted by Crippen LogP contribution is -2.41. The number of piperidine rings is 1. The van der Waals surface area contributed by atoms with Crippen molar-refractivity contribution in [1.82, 2.24) is 29.6 Å². The maximum Gasteiger partial charge on any atom is 0.254 e. The van der Waals surface area contributed by atoms with Gasteiger partial charge in [0, 0.05) is 43.9 Å². The second-order valence-corrected chi connectivity index (χ2v) is 10.6. The number of amides is 1. The third-order valence-corrected chi connectivity index (χ3v) is 7.15. The van der Waals surface area contributed by atoms with E-state index in [0.29, 0.717) is 54.1 Å². The monoisotopic (exact) mass is 512 g/mol. The summed E-state index contributed by atoms with van der Waals surface area (Å²) in [4.78, 5) is 27.3. The number of aromatic nitrogens is 5. The molecule has 1 amide bonds. The zero-order chi connectivity index (χ0) is 24.6. The zero-order valence-corrected chi connectivity index (χ0v) is 20.3. The van der Waals surface area contributed by atoms with Crippen LogP contribution in [0.1, 0.15) is 23.2 Å². The van der Waals surface area contributed by atoms with E-state index < -0.39 is 9.84 Å². The van der Waals surface area contributed by atoms with Crippen LogP contribution in [0.15, 0.2) is 60.0 Å². The molecular weight excluding hydrogens is 492 g/mol. The van der Waals surface area contributed by atoms with Crippen molar-refractivity contribution < 1.29 is 17.9 Å². The van der Waals surface area contributed by atoms with Gasteiger partial charge in [0.25, 0.3) is 5.91 Å². The summed E-state index contributed by atoms with van der Waals surface area (Å²) in [7, 11) is -3.29. The van der Waals surface area contributed by atoms with Gasteiger partial charge in [-0.1, -0.05) is 11.6 Å². The van der Waals surface area contributed by atoms with Crippen molar-refractivity contribution in [3.63, 3.8) is 0 Å². The third kappa shape index (κ3) is 4.82. The van der Waals surface area contributed by atoms with Gasteiger partial charge in [0.2, 0.25) is 5.88 Å². The standard InChI is InChI=1S/C23H21ClN6O4S/c1-35(32,33)18-4-2-16(3-5-18)30-21-19(13-28-30)22(27-14-26-21)34-17-7-10-29(11-8-17)23(31)15-6-9-25-20(24)12-15/h2-6,9,12-14,17H,7-8,10-11H2,1H3. The predicted octanol–water partition coefficient (Wildman–Crippen LogP) is 2.95. The first-order valence-corrected chi connectivity index (χ1v) is 13.1. The molecule has 0 atom stereocenters. The normalized spacial score (nSPS) is 14.9. The van der Waals surface area contributed by atoms with E-state index in [-0.39, 0.29) is 22.1 Å². The molecule has 10 nitrogen and oxygen atoms in total. The van der Waals surface area contributed by atoms with Crippen LogP contribution < -0.4 is 4.74 Å². The van der Waals surface area contributed by atoms with E-state index in [9.17, 15) is 13.2 Å². The second-order valence-electron chi connectivity index (χ2n) is 8.22. The summed E-state index contributed by atoms with van der Waals surface area (Å²) in [5, 5.41) is 5.33. The fraction of sp³-hybridized carbons (Fsp3) is 0.261. The molecule has 0 aliphatic carbocycles. The number of rotatable bonds is 5. The number of nitrogens with zero attached hydrogens (tertiary/aromatic N) is 6. The van der Waals surface area contributed by atoms with Crippen LogP contribution in [0.3, 0.4) is 0 Å². The fourth-order valence-corrected chi connectivity index (χ4v) is 4.80. The van der Waals surface area contributed by atoms with Crippen molar-refractivity contribution in [1.29, 1.82) is 0 Å². The molecule has 0 unspecified atom stereocenters. The summed E-state index contributed by atoms with van der Waals surface area (Å²) in [6.45, 7) is 1.09. The van der Waals surface area contributed by atoms with Crippen molar-refractivity contribution in [2.24, 2.45) is 0 Å². The Hall–Kier alpha value is -3.57. The molecule has 4 aromatic rings. The first kappa shape index (κ1) is 23.2. The van der Waals surface area contributed by atoms with Gasteiger partial charge in [-0.2, -0.15) is 5.10 Å². The number of halogens is 1. The van der Waals surface area contributed by atoms with Crippen LogP contribution in [0, 0.1) is 0 Å². The number of hydrogen-bond acceptors (Lipinski definition) is 8. The predicted molar refractivity (Wildman–Crippen MR) is 129 cm³/mol. The van der Waals surface area contributed by atoms with E-state index in [1.54, 1.807) is 40.0 Å². The maximum absolute atomic E-state index is 12.7. The quantitative estimate of drug-likeness (QED) is 0.374. The number of hydrogen-bond donors (Lipinski definition) is 0. The molecule has 0 spiro atoms. The van der Waals surface area contributed by atoms with Crippen molar-refractivity contribution in [2.45, 2.75) is 23.8 Å². The Balaban J connectivity index is 1.29. The lowest BCUT2D eigenvalue weighted by Gasteiger charge is -2.32. The molecule has 35 heavy (non-hydrogen) atoms. The minimum absolute atomic E-state index is 0.0830. The van der Waals surface area contributed by atoms with E-state index in [0.717, 1.165) is 6.26 Å². The molecule has 1 aliphatic rings. The van der Waals surface area contributed by atoms with Crippen LogP contribution in [-0.4, -0.2) is 69.4 Å². The van der Waals surface area contributed by atoms with E-state index in [1.165, 1.54) is 24.7 Å². The molecule has 3 aromatic heterocycles. The summed E-state index contributed by atoms with van der Waals surface area (Å²) < 4.78 is 31.3. The first-order chi connectivity index (χ1) is 16.8. The Labute approximate surface area is 206 Å². The van der Waals surface area contributed by atoms with Crippen LogP contribution >= 0.6 is 11.6 Å². The highest BCUT2D eigenvalue weighted by Crippen LogP contribution is 2.27.